The topological polar surface area (TPSA) is 107 Å². The lowest BCUT2D eigenvalue weighted by Crippen LogP contribution is -2.11. The Hall–Kier alpha value is -4.28. The monoisotopic (exact) mass is 468 g/mol. The molecule has 0 aliphatic rings. The van der Waals surface area contributed by atoms with Crippen molar-refractivity contribution in [3.05, 3.63) is 59.4 Å². The van der Waals surface area contributed by atoms with E-state index >= 15 is 0 Å². The fourth-order valence-corrected chi connectivity index (χ4v) is 2.61. The van der Waals surface area contributed by atoms with Gasteiger partial charge in [0.25, 0.3) is 0 Å². The van der Waals surface area contributed by atoms with Gasteiger partial charge in [0.15, 0.2) is 5.82 Å². The highest BCUT2D eigenvalue weighted by Crippen LogP contribution is 2.38. The SMILES string of the molecule is COC(=O)/C(=C/n1nc(-c2cc(C(F)(F)F)cc(C(F)(F)F)c2)nc1C#N)c1cncnc1. The van der Waals surface area contributed by atoms with Crippen LogP contribution < -0.4 is 0 Å². The number of carbonyl (C=O) groups excluding carboxylic acids is 1. The first-order valence-corrected chi connectivity index (χ1v) is 8.66. The number of alkyl halides is 6. The Labute approximate surface area is 180 Å². The fraction of sp³-hybridized carbons (Fsp3) is 0.158. The molecule has 0 fully saturated rings. The highest BCUT2D eigenvalue weighted by Gasteiger charge is 2.37. The van der Waals surface area contributed by atoms with E-state index in [2.05, 4.69) is 24.8 Å². The van der Waals surface area contributed by atoms with Gasteiger partial charge in [-0.25, -0.2) is 19.4 Å². The van der Waals surface area contributed by atoms with Gasteiger partial charge in [0.05, 0.1) is 23.8 Å². The molecule has 33 heavy (non-hydrogen) atoms. The minimum absolute atomic E-state index is 0.0453. The zero-order valence-corrected chi connectivity index (χ0v) is 16.3. The van der Waals surface area contributed by atoms with E-state index in [0.29, 0.717) is 12.1 Å². The molecule has 3 aromatic rings. The molecule has 14 heteroatoms. The summed E-state index contributed by atoms with van der Waals surface area (Å²) in [4.78, 5) is 23.4. The summed E-state index contributed by atoms with van der Waals surface area (Å²) in [5.74, 6) is -2.02. The number of nitrogens with zero attached hydrogens (tertiary/aromatic N) is 6. The molecule has 2 aromatic heterocycles. The Morgan fingerprint density at radius 3 is 2.12 bits per heavy atom. The quantitative estimate of drug-likeness (QED) is 0.326. The Kier molecular flexibility index (Phi) is 6.16. The van der Waals surface area contributed by atoms with Crippen LogP contribution in [0.1, 0.15) is 22.5 Å². The lowest BCUT2D eigenvalue weighted by Gasteiger charge is -2.13. The number of aromatic nitrogens is 5. The van der Waals surface area contributed by atoms with Crippen molar-refractivity contribution in [3.63, 3.8) is 0 Å². The van der Waals surface area contributed by atoms with Gasteiger partial charge in [-0.1, -0.05) is 0 Å². The summed E-state index contributed by atoms with van der Waals surface area (Å²) in [6.07, 6.45) is -5.54. The number of methoxy groups -OCH3 is 1. The van der Waals surface area contributed by atoms with E-state index in [0.717, 1.165) is 18.0 Å². The Bertz CT molecular complexity index is 1230. The van der Waals surface area contributed by atoms with Crippen molar-refractivity contribution < 1.29 is 35.9 Å². The second-order valence-electron chi connectivity index (χ2n) is 6.27. The molecular formula is C19H10F6N6O2. The van der Waals surface area contributed by atoms with Gasteiger partial charge in [0.2, 0.25) is 5.82 Å². The first-order chi connectivity index (χ1) is 15.4. The number of nitriles is 1. The average Bonchev–Trinajstić information content (AvgIpc) is 3.19. The van der Waals surface area contributed by atoms with Crippen molar-refractivity contribution in [2.24, 2.45) is 0 Å². The summed E-state index contributed by atoms with van der Waals surface area (Å²) >= 11 is 0. The van der Waals surface area contributed by atoms with Gasteiger partial charge in [-0.05, 0) is 18.2 Å². The minimum atomic E-state index is -5.08. The first-order valence-electron chi connectivity index (χ1n) is 8.66. The lowest BCUT2D eigenvalue weighted by molar-refractivity contribution is -0.143. The molecule has 0 atom stereocenters. The molecule has 1 aromatic carbocycles. The predicted molar refractivity (Wildman–Crippen MR) is 98.4 cm³/mol. The maximum absolute atomic E-state index is 13.2. The van der Waals surface area contributed by atoms with Gasteiger partial charge in [-0.15, -0.1) is 5.10 Å². The number of ether oxygens (including phenoxy) is 1. The van der Waals surface area contributed by atoms with Crippen LogP contribution in [0.4, 0.5) is 26.3 Å². The summed E-state index contributed by atoms with van der Waals surface area (Å²) in [5, 5.41) is 13.1. The number of esters is 1. The number of carbonyl (C=O) groups is 1. The van der Waals surface area contributed by atoms with Crippen LogP contribution in [0.2, 0.25) is 0 Å². The third kappa shape index (κ3) is 5.14. The first kappa shape index (κ1) is 23.4. The largest absolute Gasteiger partial charge is 0.465 e. The summed E-state index contributed by atoms with van der Waals surface area (Å²) < 4.78 is 84.3. The van der Waals surface area contributed by atoms with Crippen LogP contribution in [0.25, 0.3) is 23.2 Å². The molecule has 0 saturated heterocycles. The Morgan fingerprint density at radius 2 is 1.64 bits per heavy atom. The highest BCUT2D eigenvalue weighted by molar-refractivity contribution is 6.20. The second-order valence-corrected chi connectivity index (χ2v) is 6.27. The molecule has 0 N–H and O–H groups in total. The van der Waals surface area contributed by atoms with E-state index < -0.39 is 46.7 Å². The molecule has 0 saturated carbocycles. The molecule has 0 amide bonds. The summed E-state index contributed by atoms with van der Waals surface area (Å²) in [6.45, 7) is 0. The van der Waals surface area contributed by atoms with Crippen LogP contribution in [-0.4, -0.2) is 37.8 Å². The smallest absolute Gasteiger partial charge is 0.416 e. The van der Waals surface area contributed by atoms with Gasteiger partial charge in [0.1, 0.15) is 12.4 Å². The third-order valence-electron chi connectivity index (χ3n) is 4.11. The maximum atomic E-state index is 13.2. The zero-order valence-electron chi connectivity index (χ0n) is 16.3. The number of hydrogen-bond donors (Lipinski definition) is 0. The third-order valence-corrected chi connectivity index (χ3v) is 4.11. The predicted octanol–water partition coefficient (Wildman–Crippen LogP) is 3.82. The average molecular weight is 468 g/mol. The molecule has 170 valence electrons. The molecule has 0 aliphatic carbocycles. The van der Waals surface area contributed by atoms with Crippen molar-refractivity contribution >= 4 is 17.7 Å². The fourth-order valence-electron chi connectivity index (χ4n) is 2.61. The van der Waals surface area contributed by atoms with E-state index in [9.17, 15) is 36.4 Å². The van der Waals surface area contributed by atoms with Crippen LogP contribution >= 0.6 is 0 Å². The number of rotatable bonds is 4. The van der Waals surface area contributed by atoms with E-state index in [1.807, 2.05) is 0 Å². The Balaban J connectivity index is 2.19. The minimum Gasteiger partial charge on any atom is -0.465 e. The van der Waals surface area contributed by atoms with Crippen LogP contribution in [0.3, 0.4) is 0 Å². The van der Waals surface area contributed by atoms with Crippen LogP contribution in [0, 0.1) is 11.3 Å². The number of benzene rings is 1. The van der Waals surface area contributed by atoms with E-state index in [1.54, 1.807) is 6.07 Å². The Morgan fingerprint density at radius 1 is 1.06 bits per heavy atom. The second kappa shape index (κ2) is 8.69. The van der Waals surface area contributed by atoms with Crippen LogP contribution in [-0.2, 0) is 21.9 Å². The van der Waals surface area contributed by atoms with Gasteiger partial charge in [0, 0.05) is 29.7 Å². The van der Waals surface area contributed by atoms with Crippen molar-refractivity contribution in [3.8, 4) is 17.5 Å². The van der Waals surface area contributed by atoms with Gasteiger partial charge >= 0.3 is 18.3 Å². The van der Waals surface area contributed by atoms with E-state index in [1.165, 1.54) is 18.7 Å². The van der Waals surface area contributed by atoms with Gasteiger partial charge < -0.3 is 4.74 Å². The van der Waals surface area contributed by atoms with E-state index in [-0.39, 0.29) is 17.2 Å². The molecule has 0 bridgehead atoms. The molecular weight excluding hydrogens is 458 g/mol. The molecule has 2 heterocycles. The summed E-state index contributed by atoms with van der Waals surface area (Å²) in [6, 6.07) is 2.41. The molecule has 0 radical (unpaired) electrons. The molecule has 8 nitrogen and oxygen atoms in total. The molecule has 0 aliphatic heterocycles. The van der Waals surface area contributed by atoms with Gasteiger partial charge in [-0.2, -0.15) is 36.6 Å². The van der Waals surface area contributed by atoms with Crippen molar-refractivity contribution in [1.29, 1.82) is 5.26 Å². The van der Waals surface area contributed by atoms with Gasteiger partial charge in [-0.3, -0.25) is 0 Å². The van der Waals surface area contributed by atoms with Crippen molar-refractivity contribution in [2.75, 3.05) is 7.11 Å². The normalized spacial score (nSPS) is 12.4. The lowest BCUT2D eigenvalue weighted by atomic mass is 10.0. The van der Waals surface area contributed by atoms with Crippen LogP contribution in [0.15, 0.2) is 36.9 Å². The standard InChI is InChI=1S/C19H10F6N6O2/c1-33-17(32)14(11-6-27-9-28-7-11)8-31-15(5-26)29-16(30-31)10-2-12(18(20,21)22)4-13(3-10)19(23,24)25/h2-4,6-9H,1H3/b14-8+. The van der Waals surface area contributed by atoms with Crippen molar-refractivity contribution in [2.45, 2.75) is 12.4 Å². The number of halogens is 6. The zero-order chi connectivity index (χ0) is 24.4. The van der Waals surface area contributed by atoms with E-state index in [4.69, 9.17) is 0 Å². The summed E-state index contributed by atoms with van der Waals surface area (Å²) in [5.41, 5.74) is -3.85. The number of hydrogen-bond acceptors (Lipinski definition) is 7. The molecule has 0 spiro atoms. The summed E-state index contributed by atoms with van der Waals surface area (Å²) in [7, 11) is 1.07. The van der Waals surface area contributed by atoms with Crippen LogP contribution in [0.5, 0.6) is 0 Å². The molecule has 0 unspecified atom stereocenters. The van der Waals surface area contributed by atoms with Crippen molar-refractivity contribution in [1.82, 2.24) is 24.7 Å². The molecule has 3 rings (SSSR count). The highest BCUT2D eigenvalue weighted by atomic mass is 19.4. The maximum Gasteiger partial charge on any atom is 0.416 e.